The Morgan fingerprint density at radius 2 is 1.96 bits per heavy atom. The number of nitrogens with zero attached hydrogens (tertiary/aromatic N) is 1. The van der Waals surface area contributed by atoms with Gasteiger partial charge in [0.05, 0.1) is 30.4 Å². The first-order valence-corrected chi connectivity index (χ1v) is 9.67. The van der Waals surface area contributed by atoms with Crippen molar-refractivity contribution in [1.29, 1.82) is 0 Å². The minimum absolute atomic E-state index is 0.117. The van der Waals surface area contributed by atoms with Crippen molar-refractivity contribution in [3.63, 3.8) is 0 Å². The predicted octanol–water partition coefficient (Wildman–Crippen LogP) is 4.47. The summed E-state index contributed by atoms with van der Waals surface area (Å²) in [6.07, 6.45) is 2.30. The van der Waals surface area contributed by atoms with Gasteiger partial charge in [-0.2, -0.15) is 0 Å². The van der Waals surface area contributed by atoms with Crippen molar-refractivity contribution >= 4 is 23.2 Å². The van der Waals surface area contributed by atoms with Gasteiger partial charge in [0.25, 0.3) is 0 Å². The van der Waals surface area contributed by atoms with Crippen LogP contribution in [0.15, 0.2) is 18.2 Å². The molecule has 2 heterocycles. The molecular weight excluding hydrogens is 361 g/mol. The van der Waals surface area contributed by atoms with E-state index < -0.39 is 5.79 Å². The second-order valence-electron chi connectivity index (χ2n) is 7.83. The zero-order chi connectivity index (χ0) is 18.1. The van der Waals surface area contributed by atoms with E-state index in [1.165, 1.54) is 12.8 Å². The Labute approximate surface area is 160 Å². The predicted molar refractivity (Wildman–Crippen MR) is 100 cm³/mol. The van der Waals surface area contributed by atoms with Crippen molar-refractivity contribution in [2.24, 2.45) is 0 Å². The number of hydrogen-bond donors (Lipinski definition) is 0. The third-order valence-corrected chi connectivity index (χ3v) is 5.08. The second kappa shape index (κ2) is 7.71. The lowest BCUT2D eigenvalue weighted by atomic mass is 10.0. The fraction of sp³-hybridized carbons (Fsp3) is 0.684. The average Bonchev–Trinajstić information content (AvgIpc) is 3.15. The van der Waals surface area contributed by atoms with E-state index in [4.69, 9.17) is 37.4 Å². The minimum atomic E-state index is -0.863. The molecule has 0 aromatic heterocycles. The van der Waals surface area contributed by atoms with Gasteiger partial charge in [0, 0.05) is 10.6 Å². The molecule has 2 aliphatic rings. The standard InChI is InChI=1S/C19H27Cl2NO3/c1-18(2,3)23-11-15-12-24-19(25-15,13-22-8-4-5-9-22)16-7-6-14(20)10-17(16)21/h6-7,10,15H,4-5,8-9,11-13H2,1-3H3. The van der Waals surface area contributed by atoms with Crippen LogP contribution in [-0.2, 0) is 20.0 Å². The van der Waals surface area contributed by atoms with Crippen LogP contribution in [0.5, 0.6) is 0 Å². The summed E-state index contributed by atoms with van der Waals surface area (Å²) >= 11 is 12.6. The lowest BCUT2D eigenvalue weighted by Crippen LogP contribution is -2.42. The lowest BCUT2D eigenvalue weighted by molar-refractivity contribution is -0.195. The molecule has 1 aromatic carbocycles. The smallest absolute Gasteiger partial charge is 0.210 e. The molecule has 0 radical (unpaired) electrons. The number of rotatable bonds is 5. The van der Waals surface area contributed by atoms with Crippen molar-refractivity contribution in [2.75, 3.05) is 32.8 Å². The molecule has 0 spiro atoms. The Balaban J connectivity index is 1.80. The van der Waals surface area contributed by atoms with Gasteiger partial charge in [-0.1, -0.05) is 29.3 Å². The fourth-order valence-electron chi connectivity index (χ4n) is 3.33. The molecule has 4 nitrogen and oxygen atoms in total. The summed E-state index contributed by atoms with van der Waals surface area (Å²) in [4.78, 5) is 2.37. The number of hydrogen-bond acceptors (Lipinski definition) is 4. The molecule has 2 atom stereocenters. The van der Waals surface area contributed by atoms with Crippen LogP contribution >= 0.6 is 23.2 Å². The molecule has 3 rings (SSSR count). The second-order valence-corrected chi connectivity index (χ2v) is 8.68. The zero-order valence-electron chi connectivity index (χ0n) is 15.2. The number of likely N-dealkylation sites (tertiary alicyclic amines) is 1. The van der Waals surface area contributed by atoms with Crippen molar-refractivity contribution in [1.82, 2.24) is 4.90 Å². The Morgan fingerprint density at radius 1 is 1.24 bits per heavy atom. The van der Waals surface area contributed by atoms with Gasteiger partial charge in [-0.05, 0) is 58.8 Å². The van der Waals surface area contributed by atoms with Crippen molar-refractivity contribution in [3.05, 3.63) is 33.8 Å². The molecule has 6 heteroatoms. The SMILES string of the molecule is CC(C)(C)OCC1COC(CN2CCCC2)(c2ccc(Cl)cc2Cl)O1. The highest BCUT2D eigenvalue weighted by atomic mass is 35.5. The maximum atomic E-state index is 6.49. The molecule has 0 amide bonds. The van der Waals surface area contributed by atoms with E-state index in [2.05, 4.69) is 4.90 Å². The third-order valence-electron chi connectivity index (χ3n) is 4.53. The van der Waals surface area contributed by atoms with Gasteiger partial charge in [0.1, 0.15) is 6.10 Å². The molecule has 2 aliphatic heterocycles. The van der Waals surface area contributed by atoms with Crippen LogP contribution in [0, 0.1) is 0 Å². The van der Waals surface area contributed by atoms with Crippen LogP contribution < -0.4 is 0 Å². The highest BCUT2D eigenvalue weighted by Crippen LogP contribution is 2.40. The first kappa shape index (κ1) is 19.4. The first-order valence-electron chi connectivity index (χ1n) is 8.91. The van der Waals surface area contributed by atoms with Crippen LogP contribution in [0.3, 0.4) is 0 Å². The Hall–Kier alpha value is -0.360. The van der Waals surface area contributed by atoms with Crippen molar-refractivity contribution < 1.29 is 14.2 Å². The quantitative estimate of drug-likeness (QED) is 0.745. The van der Waals surface area contributed by atoms with Crippen LogP contribution in [0.2, 0.25) is 10.0 Å². The summed E-state index contributed by atoms with van der Waals surface area (Å²) in [5.74, 6) is -0.863. The van der Waals surface area contributed by atoms with E-state index in [1.54, 1.807) is 6.07 Å². The average molecular weight is 388 g/mol. The molecule has 25 heavy (non-hydrogen) atoms. The fourth-order valence-corrected chi connectivity index (χ4v) is 3.89. The summed E-state index contributed by atoms with van der Waals surface area (Å²) in [5, 5.41) is 1.18. The number of ether oxygens (including phenoxy) is 3. The summed E-state index contributed by atoms with van der Waals surface area (Å²) in [6.45, 7) is 9.88. The van der Waals surface area contributed by atoms with Crippen molar-refractivity contribution in [2.45, 2.75) is 51.1 Å². The Kier molecular flexibility index (Phi) is 5.98. The molecule has 0 N–H and O–H groups in total. The van der Waals surface area contributed by atoms with Crippen molar-refractivity contribution in [3.8, 4) is 0 Å². The van der Waals surface area contributed by atoms with E-state index in [0.29, 0.717) is 29.8 Å². The van der Waals surface area contributed by atoms with E-state index in [1.807, 2.05) is 32.9 Å². The third kappa shape index (κ3) is 4.88. The van der Waals surface area contributed by atoms with Gasteiger partial charge in [-0.15, -0.1) is 0 Å². The normalized spacial score (nSPS) is 28.0. The molecule has 140 valence electrons. The summed E-state index contributed by atoms with van der Waals surface area (Å²) in [5.41, 5.74) is 0.630. The largest absolute Gasteiger partial charge is 0.373 e. The van der Waals surface area contributed by atoms with E-state index in [0.717, 1.165) is 18.7 Å². The van der Waals surface area contributed by atoms with Crippen LogP contribution in [0.25, 0.3) is 0 Å². The molecule has 0 bridgehead atoms. The topological polar surface area (TPSA) is 30.9 Å². The van der Waals surface area contributed by atoms with Gasteiger partial charge < -0.3 is 14.2 Å². The molecule has 0 aliphatic carbocycles. The molecule has 0 saturated carbocycles. The van der Waals surface area contributed by atoms with Gasteiger partial charge >= 0.3 is 0 Å². The van der Waals surface area contributed by atoms with Gasteiger partial charge in [-0.3, -0.25) is 4.90 Å². The van der Waals surface area contributed by atoms with E-state index in [-0.39, 0.29) is 11.7 Å². The van der Waals surface area contributed by atoms with Crippen LogP contribution in [0.4, 0.5) is 0 Å². The zero-order valence-corrected chi connectivity index (χ0v) is 16.7. The van der Waals surface area contributed by atoms with Crippen LogP contribution in [-0.4, -0.2) is 49.5 Å². The lowest BCUT2D eigenvalue weighted by Gasteiger charge is -2.33. The number of benzene rings is 1. The summed E-state index contributed by atoms with van der Waals surface area (Å²) < 4.78 is 18.5. The molecule has 2 saturated heterocycles. The van der Waals surface area contributed by atoms with Gasteiger partial charge in [0.15, 0.2) is 0 Å². The highest BCUT2D eigenvalue weighted by Gasteiger charge is 2.46. The molecule has 2 fully saturated rings. The maximum Gasteiger partial charge on any atom is 0.210 e. The number of halogens is 2. The minimum Gasteiger partial charge on any atom is -0.373 e. The molecule has 1 aromatic rings. The molecular formula is C19H27Cl2NO3. The summed E-state index contributed by atoms with van der Waals surface area (Å²) in [6, 6.07) is 5.49. The van der Waals surface area contributed by atoms with Crippen LogP contribution in [0.1, 0.15) is 39.2 Å². The first-order chi connectivity index (χ1) is 11.8. The molecule has 2 unspecified atom stereocenters. The van der Waals surface area contributed by atoms with E-state index in [9.17, 15) is 0 Å². The van der Waals surface area contributed by atoms with Gasteiger partial charge in [-0.25, -0.2) is 0 Å². The Morgan fingerprint density at radius 3 is 2.60 bits per heavy atom. The highest BCUT2D eigenvalue weighted by molar-refractivity contribution is 6.35. The maximum absolute atomic E-state index is 6.49. The summed E-state index contributed by atoms with van der Waals surface area (Å²) in [7, 11) is 0. The Bertz CT molecular complexity index is 599. The van der Waals surface area contributed by atoms with E-state index >= 15 is 0 Å². The van der Waals surface area contributed by atoms with Gasteiger partial charge in [0.2, 0.25) is 5.79 Å². The monoisotopic (exact) mass is 387 g/mol.